The van der Waals surface area contributed by atoms with Crippen molar-refractivity contribution in [1.29, 1.82) is 0 Å². The molecule has 3 heterocycles. The van der Waals surface area contributed by atoms with Crippen LogP contribution in [-0.4, -0.2) is 62.0 Å². The van der Waals surface area contributed by atoms with Crippen LogP contribution in [0.5, 0.6) is 0 Å². The lowest BCUT2D eigenvalue weighted by atomic mass is 10.1. The van der Waals surface area contributed by atoms with Gasteiger partial charge in [0.25, 0.3) is 5.56 Å². The number of carboxylic acids is 2. The molecule has 41 heavy (non-hydrogen) atoms. The average molecular weight is 591 g/mol. The minimum absolute atomic E-state index is 0.0320. The van der Waals surface area contributed by atoms with Crippen LogP contribution >= 0.6 is 0 Å². The Morgan fingerprint density at radius 2 is 1.37 bits per heavy atom. The summed E-state index contributed by atoms with van der Waals surface area (Å²) in [5.41, 5.74) is 4.52. The second-order valence-corrected chi connectivity index (χ2v) is 8.60. The minimum Gasteiger partial charge on any atom is -0.475 e. The molecule has 0 unspecified atom stereocenters. The zero-order valence-corrected chi connectivity index (χ0v) is 21.1. The Labute approximate surface area is 228 Å². The van der Waals surface area contributed by atoms with Gasteiger partial charge in [-0.3, -0.25) is 14.7 Å². The van der Waals surface area contributed by atoms with E-state index in [1.54, 1.807) is 12.3 Å². The first-order valence-electron chi connectivity index (χ1n) is 11.8. The smallest absolute Gasteiger partial charge is 0.475 e. The molecule has 1 aliphatic heterocycles. The highest BCUT2D eigenvalue weighted by Crippen LogP contribution is 2.18. The van der Waals surface area contributed by atoms with Gasteiger partial charge in [-0.2, -0.15) is 26.3 Å². The number of benzene rings is 1. The van der Waals surface area contributed by atoms with Gasteiger partial charge >= 0.3 is 24.3 Å². The van der Waals surface area contributed by atoms with Crippen molar-refractivity contribution in [3.05, 3.63) is 99.5 Å². The van der Waals surface area contributed by atoms with Crippen molar-refractivity contribution >= 4 is 11.9 Å². The molecule has 0 atom stereocenters. The summed E-state index contributed by atoms with van der Waals surface area (Å²) in [6.45, 7) is 3.14. The third-order valence-corrected chi connectivity index (χ3v) is 5.62. The van der Waals surface area contributed by atoms with Crippen LogP contribution in [0.2, 0.25) is 0 Å². The van der Waals surface area contributed by atoms with E-state index in [9.17, 15) is 35.5 Å². The number of hydrogen-bond donors (Lipinski definition) is 2. The molecule has 0 fully saturated rings. The van der Waals surface area contributed by atoms with Gasteiger partial charge in [-0.1, -0.05) is 24.3 Å². The summed E-state index contributed by atoms with van der Waals surface area (Å²) in [5.74, 6) is -5.72. The number of alkyl halides is 6. The molecular weight excluding hydrogens is 567 g/mol. The lowest BCUT2D eigenvalue weighted by molar-refractivity contribution is -0.193. The van der Waals surface area contributed by atoms with E-state index in [4.69, 9.17) is 19.8 Å². The Bertz CT molecular complexity index is 1340. The summed E-state index contributed by atoms with van der Waals surface area (Å²) in [6, 6.07) is 14.2. The fourth-order valence-electron chi connectivity index (χ4n) is 3.70. The largest absolute Gasteiger partial charge is 0.490 e. The van der Waals surface area contributed by atoms with E-state index in [2.05, 4.69) is 9.88 Å². The summed E-state index contributed by atoms with van der Waals surface area (Å²) in [6.07, 6.45) is -4.88. The molecule has 8 nitrogen and oxygen atoms in total. The monoisotopic (exact) mass is 591 g/mol. The first-order valence-corrected chi connectivity index (χ1v) is 11.8. The van der Waals surface area contributed by atoms with Gasteiger partial charge in [-0.15, -0.1) is 0 Å². The number of fused-ring (bicyclic) bond motifs is 1. The number of aliphatic carboxylic acids is 2. The third kappa shape index (κ3) is 11.0. The van der Waals surface area contributed by atoms with Gasteiger partial charge in [-0.25, -0.2) is 14.0 Å². The van der Waals surface area contributed by atoms with E-state index in [0.29, 0.717) is 6.54 Å². The molecule has 2 N–H and O–H groups in total. The van der Waals surface area contributed by atoms with Gasteiger partial charge in [0, 0.05) is 50.2 Å². The van der Waals surface area contributed by atoms with Gasteiger partial charge in [0.05, 0.1) is 6.54 Å². The van der Waals surface area contributed by atoms with Gasteiger partial charge in [0.15, 0.2) is 0 Å². The number of pyridine rings is 2. The molecule has 1 aromatic carbocycles. The molecule has 0 saturated carbocycles. The number of nitrogens with zero attached hydrogens (tertiary/aromatic N) is 3. The number of halogens is 7. The van der Waals surface area contributed by atoms with Crippen LogP contribution < -0.4 is 5.56 Å². The lowest BCUT2D eigenvalue weighted by Crippen LogP contribution is -2.27. The fraction of sp³-hybridized carbons (Fsp3) is 0.308. The standard InChI is InChI=1S/C22H22FN3O.2C2HF3O2/c23-20-6-3-17(4-7-20)15-25-12-9-19-5-8-22(27)26(21(19)10-13-25)16-18-2-1-11-24-14-18;2*3-2(4,5)1(6)7/h1-8,11,14H,9-10,12-13,15-16H2;2*(H,6,7). The number of rotatable bonds is 4. The lowest BCUT2D eigenvalue weighted by Gasteiger charge is -2.19. The number of carboxylic acid groups (broad SMARTS) is 2. The van der Waals surface area contributed by atoms with Gasteiger partial charge in [-0.05, 0) is 41.3 Å². The van der Waals surface area contributed by atoms with E-state index in [0.717, 1.165) is 49.3 Å². The molecule has 0 amide bonds. The zero-order valence-electron chi connectivity index (χ0n) is 21.1. The van der Waals surface area contributed by atoms with Crippen molar-refractivity contribution in [3.8, 4) is 0 Å². The predicted molar refractivity (Wildman–Crippen MR) is 131 cm³/mol. The van der Waals surface area contributed by atoms with Gasteiger partial charge in [0.1, 0.15) is 5.82 Å². The second-order valence-electron chi connectivity index (χ2n) is 8.60. The summed E-state index contributed by atoms with van der Waals surface area (Å²) in [4.78, 5) is 36.8. The Morgan fingerprint density at radius 3 is 1.88 bits per heavy atom. The quantitative estimate of drug-likeness (QED) is 0.436. The van der Waals surface area contributed by atoms with Crippen LogP contribution in [0.4, 0.5) is 30.7 Å². The molecule has 0 saturated heterocycles. The van der Waals surface area contributed by atoms with Crippen LogP contribution in [0.15, 0.2) is 65.7 Å². The summed E-state index contributed by atoms with van der Waals surface area (Å²) < 4.78 is 78.5. The maximum Gasteiger partial charge on any atom is 0.490 e. The predicted octanol–water partition coefficient (Wildman–Crippen LogP) is 4.30. The van der Waals surface area contributed by atoms with E-state index >= 15 is 0 Å². The average Bonchev–Trinajstić information content (AvgIpc) is 3.10. The first kappa shape index (κ1) is 32.9. The number of carbonyl (C=O) groups is 2. The van der Waals surface area contributed by atoms with E-state index in [1.807, 2.05) is 41.1 Å². The zero-order chi connectivity index (χ0) is 30.8. The Hall–Kier alpha value is -4.27. The molecule has 15 heteroatoms. The van der Waals surface area contributed by atoms with E-state index < -0.39 is 24.3 Å². The molecular formula is C26H24F7N3O5. The first-order chi connectivity index (χ1) is 19.1. The van der Waals surface area contributed by atoms with Crippen LogP contribution in [-0.2, 0) is 35.5 Å². The van der Waals surface area contributed by atoms with Crippen molar-refractivity contribution in [1.82, 2.24) is 14.5 Å². The SMILES string of the molecule is O=C(O)C(F)(F)F.O=C(O)C(F)(F)F.O=c1ccc2c(n1Cc1cccnc1)CCN(Cc1ccc(F)cc1)CC2. The van der Waals surface area contributed by atoms with Crippen molar-refractivity contribution in [2.45, 2.75) is 38.3 Å². The van der Waals surface area contributed by atoms with E-state index in [-0.39, 0.29) is 11.4 Å². The highest BCUT2D eigenvalue weighted by molar-refractivity contribution is 5.73. The van der Waals surface area contributed by atoms with Gasteiger partial charge in [0.2, 0.25) is 0 Å². The van der Waals surface area contributed by atoms with Crippen LogP contribution in [0, 0.1) is 5.82 Å². The molecule has 2 aromatic heterocycles. The highest BCUT2D eigenvalue weighted by Gasteiger charge is 2.38. The summed E-state index contributed by atoms with van der Waals surface area (Å²) in [7, 11) is 0. The third-order valence-electron chi connectivity index (χ3n) is 5.62. The Kier molecular flexibility index (Phi) is 11.6. The second kappa shape index (κ2) is 14.4. The van der Waals surface area contributed by atoms with Crippen molar-refractivity contribution in [3.63, 3.8) is 0 Å². The summed E-state index contributed by atoms with van der Waals surface area (Å²) >= 11 is 0. The highest BCUT2D eigenvalue weighted by atomic mass is 19.4. The van der Waals surface area contributed by atoms with Crippen molar-refractivity contribution < 1.29 is 50.5 Å². The molecule has 0 bridgehead atoms. The molecule has 222 valence electrons. The number of aromatic nitrogens is 2. The topological polar surface area (TPSA) is 113 Å². The Morgan fingerprint density at radius 1 is 0.805 bits per heavy atom. The van der Waals surface area contributed by atoms with Gasteiger partial charge < -0.3 is 14.8 Å². The molecule has 0 spiro atoms. The molecule has 0 radical (unpaired) electrons. The molecule has 0 aliphatic carbocycles. The van der Waals surface area contributed by atoms with Crippen LogP contribution in [0.3, 0.4) is 0 Å². The maximum atomic E-state index is 13.1. The normalized spacial score (nSPS) is 13.4. The molecule has 1 aliphatic rings. The van der Waals surface area contributed by atoms with Crippen molar-refractivity contribution in [2.24, 2.45) is 0 Å². The Balaban J connectivity index is 0.000000349. The van der Waals surface area contributed by atoms with E-state index in [1.165, 1.54) is 17.7 Å². The minimum atomic E-state index is -5.08. The van der Waals surface area contributed by atoms with Crippen molar-refractivity contribution in [2.75, 3.05) is 13.1 Å². The van der Waals surface area contributed by atoms with Crippen LogP contribution in [0.1, 0.15) is 22.4 Å². The fourth-order valence-corrected chi connectivity index (χ4v) is 3.70. The molecule has 3 aromatic rings. The van der Waals surface area contributed by atoms with Crippen LogP contribution in [0.25, 0.3) is 0 Å². The maximum absolute atomic E-state index is 13.1. The number of hydrogen-bond acceptors (Lipinski definition) is 5. The molecule has 4 rings (SSSR count). The summed E-state index contributed by atoms with van der Waals surface area (Å²) in [5, 5.41) is 14.2.